The molecule has 0 heterocycles. The Balaban J connectivity index is 2.00. The topological polar surface area (TPSA) is 66.5 Å². The highest BCUT2D eigenvalue weighted by Gasteiger charge is 2.20. The third-order valence-electron chi connectivity index (χ3n) is 5.28. The highest BCUT2D eigenvalue weighted by molar-refractivity contribution is 7.92. The van der Waals surface area contributed by atoms with Gasteiger partial charge in [-0.15, -0.1) is 0 Å². The van der Waals surface area contributed by atoms with Gasteiger partial charge in [0.05, 0.1) is 18.0 Å². The molecule has 0 aliphatic rings. The Kier molecular flexibility index (Phi) is 7.47. The molecule has 0 saturated carbocycles. The molecule has 0 fully saturated rings. The lowest BCUT2D eigenvalue weighted by molar-refractivity contribution is -0.121. The average Bonchev–Trinajstić information content (AvgIpc) is 2.60. The minimum Gasteiger partial charge on any atom is -0.350 e. The van der Waals surface area contributed by atoms with Crippen molar-refractivity contribution in [1.82, 2.24) is 5.32 Å². The Morgan fingerprint density at radius 1 is 1.07 bits per heavy atom. The van der Waals surface area contributed by atoms with E-state index >= 15 is 0 Å². The highest BCUT2D eigenvalue weighted by Crippen LogP contribution is 2.25. The largest absolute Gasteiger partial charge is 0.350 e. The van der Waals surface area contributed by atoms with Crippen LogP contribution in [0.2, 0.25) is 0 Å². The van der Waals surface area contributed by atoms with E-state index in [4.69, 9.17) is 0 Å². The number of amides is 1. The summed E-state index contributed by atoms with van der Waals surface area (Å²) in [7, 11) is -3.43. The zero-order valence-corrected chi connectivity index (χ0v) is 19.1. The molecule has 0 aliphatic heterocycles. The summed E-state index contributed by atoms with van der Waals surface area (Å²) in [5.41, 5.74) is 6.09. The summed E-state index contributed by atoms with van der Waals surface area (Å²) < 4.78 is 26.0. The predicted octanol–water partition coefficient (Wildman–Crippen LogP) is 4.34. The molecule has 2 aromatic rings. The van der Waals surface area contributed by atoms with Gasteiger partial charge in [-0.25, -0.2) is 8.42 Å². The standard InChI is InChI=1S/C23H32N2O3S/c1-16-12-13-21(18(3)15-16)20(5)24-23(26)11-8-14-25(29(6,27)28)22-10-7-9-17(2)19(22)4/h7,9-10,12-13,15,20H,8,11,14H2,1-6H3,(H,24,26). The van der Waals surface area contributed by atoms with Crippen LogP contribution in [0, 0.1) is 27.7 Å². The van der Waals surface area contributed by atoms with Gasteiger partial charge in [0.25, 0.3) is 0 Å². The van der Waals surface area contributed by atoms with Crippen molar-refractivity contribution in [3.05, 3.63) is 64.2 Å². The van der Waals surface area contributed by atoms with Gasteiger partial charge in [0.15, 0.2) is 0 Å². The van der Waals surface area contributed by atoms with E-state index in [0.29, 0.717) is 12.1 Å². The number of aryl methyl sites for hydroxylation is 3. The van der Waals surface area contributed by atoms with E-state index in [1.165, 1.54) is 16.1 Å². The minimum absolute atomic E-state index is 0.0770. The van der Waals surface area contributed by atoms with E-state index in [2.05, 4.69) is 11.4 Å². The van der Waals surface area contributed by atoms with Crippen LogP contribution >= 0.6 is 0 Å². The number of hydrogen-bond acceptors (Lipinski definition) is 3. The van der Waals surface area contributed by atoms with Crippen LogP contribution in [0.1, 0.15) is 53.6 Å². The van der Waals surface area contributed by atoms with Crippen molar-refractivity contribution in [2.75, 3.05) is 17.1 Å². The maximum atomic E-state index is 12.4. The van der Waals surface area contributed by atoms with Gasteiger partial charge in [0.1, 0.15) is 0 Å². The van der Waals surface area contributed by atoms with Gasteiger partial charge in [-0.2, -0.15) is 0 Å². The van der Waals surface area contributed by atoms with Crippen LogP contribution in [0.3, 0.4) is 0 Å². The van der Waals surface area contributed by atoms with E-state index in [9.17, 15) is 13.2 Å². The predicted molar refractivity (Wildman–Crippen MR) is 120 cm³/mol. The summed E-state index contributed by atoms with van der Waals surface area (Å²) in [6.45, 7) is 10.2. The maximum Gasteiger partial charge on any atom is 0.232 e. The molecule has 0 aliphatic carbocycles. The molecule has 2 rings (SSSR count). The lowest BCUT2D eigenvalue weighted by Gasteiger charge is -2.25. The van der Waals surface area contributed by atoms with Gasteiger partial charge in [0.2, 0.25) is 15.9 Å². The van der Waals surface area contributed by atoms with E-state index < -0.39 is 10.0 Å². The molecule has 158 valence electrons. The van der Waals surface area contributed by atoms with Crippen LogP contribution in [0.25, 0.3) is 0 Å². The molecule has 2 aromatic carbocycles. The molecule has 0 bridgehead atoms. The monoisotopic (exact) mass is 416 g/mol. The molecule has 1 N–H and O–H groups in total. The second kappa shape index (κ2) is 9.44. The molecular formula is C23H32N2O3S. The van der Waals surface area contributed by atoms with Gasteiger partial charge in [-0.3, -0.25) is 9.10 Å². The Morgan fingerprint density at radius 2 is 1.76 bits per heavy atom. The van der Waals surface area contributed by atoms with Crippen LogP contribution < -0.4 is 9.62 Å². The second-order valence-electron chi connectivity index (χ2n) is 7.81. The zero-order valence-electron chi connectivity index (χ0n) is 18.2. The second-order valence-corrected chi connectivity index (χ2v) is 9.71. The number of hydrogen-bond donors (Lipinski definition) is 1. The van der Waals surface area contributed by atoms with Crippen LogP contribution in [0.5, 0.6) is 0 Å². The number of carbonyl (C=O) groups excluding carboxylic acids is 1. The number of carbonyl (C=O) groups is 1. The fourth-order valence-electron chi connectivity index (χ4n) is 3.56. The first-order valence-electron chi connectivity index (χ1n) is 9.91. The van der Waals surface area contributed by atoms with Gasteiger partial charge < -0.3 is 5.32 Å². The van der Waals surface area contributed by atoms with Crippen molar-refractivity contribution in [3.63, 3.8) is 0 Å². The average molecular weight is 417 g/mol. The third kappa shape index (κ3) is 6.07. The summed E-state index contributed by atoms with van der Waals surface area (Å²) in [5.74, 6) is -0.0770. The molecule has 1 unspecified atom stereocenters. The Hall–Kier alpha value is -2.34. The van der Waals surface area contributed by atoms with Crippen molar-refractivity contribution in [3.8, 4) is 0 Å². The molecule has 29 heavy (non-hydrogen) atoms. The summed E-state index contributed by atoms with van der Waals surface area (Å²) in [6.07, 6.45) is 1.93. The van der Waals surface area contributed by atoms with Crippen LogP contribution in [-0.4, -0.2) is 27.1 Å². The molecule has 0 aromatic heterocycles. The quantitative estimate of drug-likeness (QED) is 0.696. The molecule has 5 nitrogen and oxygen atoms in total. The van der Waals surface area contributed by atoms with Crippen LogP contribution in [0.15, 0.2) is 36.4 Å². The van der Waals surface area contributed by atoms with Crippen LogP contribution in [0.4, 0.5) is 5.69 Å². The smallest absolute Gasteiger partial charge is 0.232 e. The summed E-state index contributed by atoms with van der Waals surface area (Å²) in [6, 6.07) is 11.7. The third-order valence-corrected chi connectivity index (χ3v) is 6.46. The van der Waals surface area contributed by atoms with E-state index in [-0.39, 0.29) is 24.9 Å². The van der Waals surface area contributed by atoms with Gasteiger partial charge in [-0.1, -0.05) is 35.9 Å². The number of nitrogens with zero attached hydrogens (tertiary/aromatic N) is 1. The van der Waals surface area contributed by atoms with Crippen molar-refractivity contribution in [2.24, 2.45) is 0 Å². The Labute approximate surface area is 175 Å². The SMILES string of the molecule is Cc1ccc(C(C)NC(=O)CCCN(c2cccc(C)c2C)S(C)(=O)=O)c(C)c1. The number of sulfonamides is 1. The van der Waals surface area contributed by atoms with Crippen molar-refractivity contribution in [2.45, 2.75) is 53.5 Å². The van der Waals surface area contributed by atoms with Crippen LogP contribution in [-0.2, 0) is 14.8 Å². The Morgan fingerprint density at radius 3 is 2.38 bits per heavy atom. The lowest BCUT2D eigenvalue weighted by atomic mass is 10.00. The first kappa shape index (κ1) is 22.9. The molecule has 0 spiro atoms. The molecule has 0 saturated heterocycles. The zero-order chi connectivity index (χ0) is 21.8. The normalized spacial score (nSPS) is 12.5. The van der Waals surface area contributed by atoms with E-state index in [0.717, 1.165) is 22.3 Å². The van der Waals surface area contributed by atoms with Crippen molar-refractivity contribution < 1.29 is 13.2 Å². The fourth-order valence-corrected chi connectivity index (χ4v) is 4.57. The number of nitrogens with one attached hydrogen (secondary N) is 1. The molecule has 1 atom stereocenters. The first-order valence-corrected chi connectivity index (χ1v) is 11.8. The van der Waals surface area contributed by atoms with E-state index in [1.807, 2.05) is 65.0 Å². The molecule has 6 heteroatoms. The molecule has 0 radical (unpaired) electrons. The molecule has 1 amide bonds. The maximum absolute atomic E-state index is 12.4. The van der Waals surface area contributed by atoms with Gasteiger partial charge in [-0.05, 0) is 69.4 Å². The van der Waals surface area contributed by atoms with Crippen molar-refractivity contribution >= 4 is 21.6 Å². The minimum atomic E-state index is -3.43. The number of rotatable bonds is 8. The van der Waals surface area contributed by atoms with E-state index in [1.54, 1.807) is 0 Å². The fraction of sp³-hybridized carbons (Fsp3) is 0.435. The molecular weight excluding hydrogens is 384 g/mol. The summed E-state index contributed by atoms with van der Waals surface area (Å²) in [4.78, 5) is 12.4. The summed E-state index contributed by atoms with van der Waals surface area (Å²) in [5, 5.41) is 3.02. The van der Waals surface area contributed by atoms with Gasteiger partial charge >= 0.3 is 0 Å². The summed E-state index contributed by atoms with van der Waals surface area (Å²) >= 11 is 0. The number of anilines is 1. The Bertz CT molecular complexity index is 984. The first-order chi connectivity index (χ1) is 13.5. The van der Waals surface area contributed by atoms with Crippen molar-refractivity contribution in [1.29, 1.82) is 0 Å². The lowest BCUT2D eigenvalue weighted by Crippen LogP contribution is -2.33. The van der Waals surface area contributed by atoms with Gasteiger partial charge in [0, 0.05) is 13.0 Å². The highest BCUT2D eigenvalue weighted by atomic mass is 32.2. The number of benzene rings is 2.